The molecule has 0 radical (unpaired) electrons. The number of anilines is 1. The second-order valence-electron chi connectivity index (χ2n) is 4.17. The zero-order valence-electron chi connectivity index (χ0n) is 9.66. The van der Waals surface area contributed by atoms with Gasteiger partial charge in [-0.3, -0.25) is 0 Å². The van der Waals surface area contributed by atoms with Gasteiger partial charge in [-0.15, -0.1) is 0 Å². The molecule has 0 bridgehead atoms. The molecule has 1 aromatic heterocycles. The summed E-state index contributed by atoms with van der Waals surface area (Å²) in [5, 5.41) is 5.73. The van der Waals surface area contributed by atoms with Crippen molar-refractivity contribution in [3.05, 3.63) is 6.20 Å². The number of nitrogens with two attached hydrogens (primary N) is 1. The van der Waals surface area contributed by atoms with Crippen molar-refractivity contribution in [2.24, 2.45) is 5.14 Å². The minimum atomic E-state index is -3.65. The Kier molecular flexibility index (Phi) is 3.39. The van der Waals surface area contributed by atoms with Crippen molar-refractivity contribution >= 4 is 26.5 Å². The smallest absolute Gasteiger partial charge is 0.249 e. The van der Waals surface area contributed by atoms with Crippen LogP contribution in [0.15, 0.2) is 10.4 Å². The molecule has 17 heavy (non-hydrogen) atoms. The Bertz CT molecular complexity index is 489. The van der Waals surface area contributed by atoms with E-state index in [9.17, 15) is 8.42 Å². The molecular weight excluding hydrogens is 262 g/mol. The molecular formula is C9H15N3O3S2. The summed E-state index contributed by atoms with van der Waals surface area (Å²) in [5.74, 6) is 0. The van der Waals surface area contributed by atoms with Crippen LogP contribution >= 0.6 is 11.3 Å². The van der Waals surface area contributed by atoms with E-state index in [1.807, 2.05) is 18.7 Å². The van der Waals surface area contributed by atoms with Crippen LogP contribution < -0.4 is 10.0 Å². The van der Waals surface area contributed by atoms with Gasteiger partial charge in [0.1, 0.15) is 0 Å². The zero-order valence-corrected chi connectivity index (χ0v) is 11.3. The Morgan fingerprint density at radius 2 is 2.06 bits per heavy atom. The Labute approximate surface area is 104 Å². The summed E-state index contributed by atoms with van der Waals surface area (Å²) in [7, 11) is -3.65. The first-order valence-corrected chi connectivity index (χ1v) is 7.61. The number of sulfonamides is 1. The van der Waals surface area contributed by atoms with Crippen molar-refractivity contribution in [1.82, 2.24) is 4.98 Å². The maximum Gasteiger partial charge on any atom is 0.249 e. The number of rotatable bonds is 2. The minimum absolute atomic E-state index is 0.0966. The van der Waals surface area contributed by atoms with Gasteiger partial charge in [-0.05, 0) is 13.8 Å². The molecule has 96 valence electrons. The van der Waals surface area contributed by atoms with Gasteiger partial charge in [0.05, 0.1) is 18.4 Å². The average molecular weight is 277 g/mol. The topological polar surface area (TPSA) is 85.5 Å². The molecule has 0 spiro atoms. The van der Waals surface area contributed by atoms with Crippen LogP contribution in [-0.2, 0) is 14.8 Å². The van der Waals surface area contributed by atoms with E-state index in [1.54, 1.807) is 0 Å². The highest BCUT2D eigenvalue weighted by molar-refractivity contribution is 7.91. The summed E-state index contributed by atoms with van der Waals surface area (Å²) in [4.78, 5) is 6.13. The van der Waals surface area contributed by atoms with Crippen molar-refractivity contribution in [2.75, 3.05) is 18.0 Å². The quantitative estimate of drug-likeness (QED) is 0.846. The van der Waals surface area contributed by atoms with Gasteiger partial charge in [0, 0.05) is 13.1 Å². The summed E-state index contributed by atoms with van der Waals surface area (Å²) in [6.07, 6.45) is 1.53. The van der Waals surface area contributed by atoms with Gasteiger partial charge >= 0.3 is 0 Å². The standard InChI is InChI=1S/C9H15N3O3S2/c1-6-4-12(5-7(2)15-6)9-11-3-8(16-9)17(10,13)14/h3,6-7H,4-5H2,1-2H3,(H2,10,13,14). The van der Waals surface area contributed by atoms with Gasteiger partial charge in [-0.25, -0.2) is 18.5 Å². The lowest BCUT2D eigenvalue weighted by molar-refractivity contribution is -0.00522. The molecule has 2 rings (SSSR count). The van der Waals surface area contributed by atoms with Gasteiger partial charge in [0.15, 0.2) is 9.34 Å². The first kappa shape index (κ1) is 12.7. The van der Waals surface area contributed by atoms with Crippen molar-refractivity contribution in [2.45, 2.75) is 30.3 Å². The second-order valence-corrected chi connectivity index (χ2v) is 6.97. The highest BCUT2D eigenvalue weighted by atomic mass is 32.2. The van der Waals surface area contributed by atoms with Crippen LogP contribution in [-0.4, -0.2) is 38.7 Å². The molecule has 0 aliphatic carbocycles. The Morgan fingerprint density at radius 3 is 2.53 bits per heavy atom. The molecule has 6 nitrogen and oxygen atoms in total. The monoisotopic (exact) mass is 277 g/mol. The van der Waals surface area contributed by atoms with Crippen molar-refractivity contribution in [3.63, 3.8) is 0 Å². The van der Waals surface area contributed by atoms with E-state index < -0.39 is 10.0 Å². The maximum absolute atomic E-state index is 11.2. The maximum atomic E-state index is 11.2. The lowest BCUT2D eigenvalue weighted by atomic mass is 10.2. The van der Waals surface area contributed by atoms with Crippen molar-refractivity contribution in [3.8, 4) is 0 Å². The van der Waals surface area contributed by atoms with Crippen LogP contribution in [0.2, 0.25) is 0 Å². The number of aromatic nitrogens is 1. The van der Waals surface area contributed by atoms with E-state index in [1.165, 1.54) is 6.20 Å². The first-order valence-electron chi connectivity index (χ1n) is 5.25. The Balaban J connectivity index is 2.20. The van der Waals surface area contributed by atoms with Gasteiger partial charge in [0.25, 0.3) is 0 Å². The number of hydrogen-bond acceptors (Lipinski definition) is 6. The van der Waals surface area contributed by atoms with Crippen LogP contribution in [0, 0.1) is 0 Å². The summed E-state index contributed by atoms with van der Waals surface area (Å²) >= 11 is 1.10. The van der Waals surface area contributed by atoms with E-state index >= 15 is 0 Å². The third-order valence-corrected chi connectivity index (χ3v) is 4.91. The summed E-state index contributed by atoms with van der Waals surface area (Å²) in [5.41, 5.74) is 0. The molecule has 0 aromatic carbocycles. The average Bonchev–Trinajstić information content (AvgIpc) is 2.63. The van der Waals surface area contributed by atoms with E-state index in [0.29, 0.717) is 18.2 Å². The van der Waals surface area contributed by atoms with E-state index in [4.69, 9.17) is 9.88 Å². The number of primary sulfonamides is 1. The van der Waals surface area contributed by atoms with Gasteiger partial charge in [-0.2, -0.15) is 0 Å². The molecule has 0 amide bonds. The van der Waals surface area contributed by atoms with Crippen LogP contribution in [0.5, 0.6) is 0 Å². The predicted octanol–water partition coefficient (Wildman–Crippen LogP) is 0.404. The van der Waals surface area contributed by atoms with Gasteiger partial charge in [-0.1, -0.05) is 11.3 Å². The molecule has 1 aliphatic heterocycles. The third kappa shape index (κ3) is 2.95. The number of ether oxygens (including phenoxy) is 1. The molecule has 1 saturated heterocycles. The summed E-state index contributed by atoms with van der Waals surface area (Å²) in [6.45, 7) is 5.39. The summed E-state index contributed by atoms with van der Waals surface area (Å²) in [6, 6.07) is 0. The molecule has 1 aromatic rings. The van der Waals surface area contributed by atoms with Gasteiger partial charge in [0.2, 0.25) is 10.0 Å². The molecule has 2 N–H and O–H groups in total. The fourth-order valence-corrected chi connectivity index (χ4v) is 3.42. The predicted molar refractivity (Wildman–Crippen MR) is 65.7 cm³/mol. The molecule has 2 atom stereocenters. The zero-order chi connectivity index (χ0) is 12.6. The Morgan fingerprint density at radius 1 is 1.47 bits per heavy atom. The minimum Gasteiger partial charge on any atom is -0.372 e. The number of thiazole rings is 1. The van der Waals surface area contributed by atoms with E-state index in [0.717, 1.165) is 11.3 Å². The largest absolute Gasteiger partial charge is 0.372 e. The lowest BCUT2D eigenvalue weighted by Crippen LogP contribution is -2.45. The fourth-order valence-electron chi connectivity index (χ4n) is 1.86. The SMILES string of the molecule is CC1CN(c2ncc(S(N)(=O)=O)s2)CC(C)O1. The molecule has 0 saturated carbocycles. The van der Waals surface area contributed by atoms with E-state index in [-0.39, 0.29) is 16.4 Å². The summed E-state index contributed by atoms with van der Waals surface area (Å²) < 4.78 is 28.0. The normalized spacial score (nSPS) is 26.2. The molecule has 8 heteroatoms. The molecule has 1 fully saturated rings. The highest BCUT2D eigenvalue weighted by Crippen LogP contribution is 2.27. The first-order chi connectivity index (χ1) is 7.86. The van der Waals surface area contributed by atoms with Crippen LogP contribution in [0.4, 0.5) is 5.13 Å². The number of morpholine rings is 1. The molecule has 2 unspecified atom stereocenters. The number of hydrogen-bond donors (Lipinski definition) is 1. The molecule has 2 heterocycles. The van der Waals surface area contributed by atoms with Crippen LogP contribution in [0.25, 0.3) is 0 Å². The van der Waals surface area contributed by atoms with Crippen molar-refractivity contribution < 1.29 is 13.2 Å². The highest BCUT2D eigenvalue weighted by Gasteiger charge is 2.25. The van der Waals surface area contributed by atoms with Crippen LogP contribution in [0.3, 0.4) is 0 Å². The fraction of sp³-hybridized carbons (Fsp3) is 0.667. The van der Waals surface area contributed by atoms with Crippen LogP contribution in [0.1, 0.15) is 13.8 Å². The lowest BCUT2D eigenvalue weighted by Gasteiger charge is -2.35. The van der Waals surface area contributed by atoms with Gasteiger partial charge < -0.3 is 9.64 Å². The van der Waals surface area contributed by atoms with Crippen molar-refractivity contribution in [1.29, 1.82) is 0 Å². The second kappa shape index (κ2) is 4.52. The Hall–Kier alpha value is -0.700. The van der Waals surface area contributed by atoms with E-state index in [2.05, 4.69) is 4.98 Å². The number of nitrogens with zero attached hydrogens (tertiary/aromatic N) is 2. The third-order valence-electron chi connectivity index (χ3n) is 2.44. The molecule has 1 aliphatic rings.